The van der Waals surface area contributed by atoms with Crippen molar-refractivity contribution in [3.63, 3.8) is 0 Å². The first-order valence-electron chi connectivity index (χ1n) is 11.0. The number of carbonyl (C=O) groups excluding carboxylic acids is 1. The van der Waals surface area contributed by atoms with Crippen molar-refractivity contribution in [3.05, 3.63) is 120 Å². The van der Waals surface area contributed by atoms with Crippen LogP contribution in [0.3, 0.4) is 0 Å². The zero-order valence-electron chi connectivity index (χ0n) is 18.9. The molecule has 168 valence electrons. The van der Waals surface area contributed by atoms with Crippen molar-refractivity contribution in [2.24, 2.45) is 0 Å². The van der Waals surface area contributed by atoms with Gasteiger partial charge in [0.25, 0.3) is 0 Å². The highest BCUT2D eigenvalue weighted by Crippen LogP contribution is 2.25. The number of ether oxygens (including phenoxy) is 3. The Morgan fingerprint density at radius 2 is 0.939 bits per heavy atom. The molecule has 0 unspecified atom stereocenters. The Morgan fingerprint density at radius 1 is 0.545 bits per heavy atom. The van der Waals surface area contributed by atoms with Crippen molar-refractivity contribution in [1.29, 1.82) is 0 Å². The summed E-state index contributed by atoms with van der Waals surface area (Å²) >= 11 is 0. The van der Waals surface area contributed by atoms with Gasteiger partial charge in [0, 0.05) is 24.3 Å². The molecule has 0 N–H and O–H groups in total. The number of ketones is 1. The van der Waals surface area contributed by atoms with Gasteiger partial charge in [0.05, 0.1) is 0 Å². The highest BCUT2D eigenvalue weighted by molar-refractivity contribution is 6.09. The summed E-state index contributed by atoms with van der Waals surface area (Å²) in [7, 11) is 0. The van der Waals surface area contributed by atoms with Gasteiger partial charge in [0.2, 0.25) is 0 Å². The van der Waals surface area contributed by atoms with Crippen LogP contribution in [0.15, 0.2) is 109 Å². The van der Waals surface area contributed by atoms with E-state index in [4.69, 9.17) is 14.2 Å². The van der Waals surface area contributed by atoms with Gasteiger partial charge in [0.1, 0.15) is 23.0 Å². The van der Waals surface area contributed by atoms with Crippen LogP contribution in [-0.4, -0.2) is 19.0 Å². The average Bonchev–Trinajstić information content (AvgIpc) is 2.86. The van der Waals surface area contributed by atoms with Gasteiger partial charge in [-0.15, -0.1) is 0 Å². The van der Waals surface area contributed by atoms with Gasteiger partial charge < -0.3 is 14.2 Å². The standard InChI is InChI=1S/C25H18O3.C4H10O/c26-25(19-9-7-15-23(17-19)27-21-11-3-1-4-12-21)20-10-8-16-24(18-20)28-22-13-5-2-6-14-22;1-3-5-4-2/h1-18H;3-4H2,1-2H3. The van der Waals surface area contributed by atoms with Gasteiger partial charge in [-0.25, -0.2) is 0 Å². The Bertz CT molecular complexity index is 1040. The second-order valence-electron chi connectivity index (χ2n) is 7.00. The van der Waals surface area contributed by atoms with Crippen LogP contribution in [-0.2, 0) is 4.74 Å². The molecule has 33 heavy (non-hydrogen) atoms. The normalized spacial score (nSPS) is 10.0. The van der Waals surface area contributed by atoms with Crippen LogP contribution in [0.2, 0.25) is 0 Å². The lowest BCUT2D eigenvalue weighted by Gasteiger charge is -2.09. The van der Waals surface area contributed by atoms with E-state index in [1.54, 1.807) is 24.3 Å². The Labute approximate surface area is 195 Å². The zero-order valence-corrected chi connectivity index (χ0v) is 18.9. The number of hydrogen-bond donors (Lipinski definition) is 0. The Balaban J connectivity index is 0.000000555. The summed E-state index contributed by atoms with van der Waals surface area (Å²) in [6, 6.07) is 33.3. The first-order chi connectivity index (χ1) is 16.2. The fourth-order valence-electron chi connectivity index (χ4n) is 3.02. The van der Waals surface area contributed by atoms with Crippen molar-refractivity contribution in [1.82, 2.24) is 0 Å². The molecule has 0 heterocycles. The van der Waals surface area contributed by atoms with Gasteiger partial charge in [-0.3, -0.25) is 4.79 Å². The van der Waals surface area contributed by atoms with E-state index >= 15 is 0 Å². The minimum Gasteiger partial charge on any atom is -0.457 e. The number of carbonyl (C=O) groups is 1. The van der Waals surface area contributed by atoms with Crippen molar-refractivity contribution in [2.75, 3.05) is 13.2 Å². The third-order valence-corrected chi connectivity index (χ3v) is 4.56. The van der Waals surface area contributed by atoms with Gasteiger partial charge in [-0.05, 0) is 62.4 Å². The lowest BCUT2D eigenvalue weighted by molar-refractivity contribution is 0.103. The van der Waals surface area contributed by atoms with E-state index in [9.17, 15) is 4.79 Å². The molecule has 0 saturated carbocycles. The second kappa shape index (κ2) is 12.8. The van der Waals surface area contributed by atoms with Gasteiger partial charge >= 0.3 is 0 Å². The molecule has 0 aliphatic heterocycles. The van der Waals surface area contributed by atoms with E-state index in [0.29, 0.717) is 22.6 Å². The molecule has 0 aliphatic carbocycles. The summed E-state index contributed by atoms with van der Waals surface area (Å²) in [5.41, 5.74) is 1.12. The van der Waals surface area contributed by atoms with Crippen molar-refractivity contribution < 1.29 is 19.0 Å². The maximum absolute atomic E-state index is 12.9. The summed E-state index contributed by atoms with van der Waals surface area (Å²) in [6.45, 7) is 5.67. The van der Waals surface area contributed by atoms with Crippen molar-refractivity contribution in [3.8, 4) is 23.0 Å². The third kappa shape index (κ3) is 7.63. The van der Waals surface area contributed by atoms with Crippen LogP contribution < -0.4 is 9.47 Å². The molecule has 0 amide bonds. The fourth-order valence-corrected chi connectivity index (χ4v) is 3.02. The predicted octanol–water partition coefficient (Wildman–Crippen LogP) is 7.55. The highest BCUT2D eigenvalue weighted by Gasteiger charge is 2.11. The maximum atomic E-state index is 12.9. The Hall–Kier alpha value is -3.89. The maximum Gasteiger partial charge on any atom is 0.193 e. The van der Waals surface area contributed by atoms with E-state index in [1.165, 1.54) is 0 Å². The summed E-state index contributed by atoms with van der Waals surface area (Å²) in [5, 5.41) is 0. The molecular weight excluding hydrogens is 412 g/mol. The van der Waals surface area contributed by atoms with Crippen LogP contribution in [0.4, 0.5) is 0 Å². The molecule has 4 rings (SSSR count). The summed E-state index contributed by atoms with van der Waals surface area (Å²) < 4.78 is 16.5. The topological polar surface area (TPSA) is 44.8 Å². The molecule has 0 atom stereocenters. The van der Waals surface area contributed by atoms with Gasteiger partial charge in [0.15, 0.2) is 5.78 Å². The molecule has 0 aliphatic rings. The van der Waals surface area contributed by atoms with Crippen LogP contribution in [0.5, 0.6) is 23.0 Å². The summed E-state index contributed by atoms with van der Waals surface area (Å²) in [4.78, 5) is 12.9. The smallest absolute Gasteiger partial charge is 0.193 e. The first-order valence-corrected chi connectivity index (χ1v) is 11.0. The van der Waals surface area contributed by atoms with Crippen molar-refractivity contribution in [2.45, 2.75) is 13.8 Å². The molecule has 4 heteroatoms. The largest absolute Gasteiger partial charge is 0.457 e. The third-order valence-electron chi connectivity index (χ3n) is 4.56. The van der Waals surface area contributed by atoms with Gasteiger partial charge in [-0.2, -0.15) is 0 Å². The number of para-hydroxylation sites is 2. The predicted molar refractivity (Wildman–Crippen MR) is 132 cm³/mol. The number of hydrogen-bond acceptors (Lipinski definition) is 4. The monoisotopic (exact) mass is 440 g/mol. The van der Waals surface area contributed by atoms with Crippen LogP contribution in [0.1, 0.15) is 29.8 Å². The second-order valence-corrected chi connectivity index (χ2v) is 7.00. The minimum atomic E-state index is -0.0861. The fraction of sp³-hybridized carbons (Fsp3) is 0.138. The highest BCUT2D eigenvalue weighted by atomic mass is 16.5. The molecule has 4 aromatic rings. The summed E-state index contributed by atoms with van der Waals surface area (Å²) in [6.07, 6.45) is 0. The first kappa shape index (κ1) is 23.8. The molecule has 0 saturated heterocycles. The molecule has 0 bridgehead atoms. The molecule has 0 spiro atoms. The van der Waals surface area contributed by atoms with E-state index in [-0.39, 0.29) is 5.78 Å². The lowest BCUT2D eigenvalue weighted by Crippen LogP contribution is -2.01. The summed E-state index contributed by atoms with van der Waals surface area (Å²) in [5.74, 6) is 2.61. The zero-order chi connectivity index (χ0) is 23.3. The van der Waals surface area contributed by atoms with E-state index < -0.39 is 0 Å². The number of benzene rings is 4. The Kier molecular flexibility index (Phi) is 9.25. The van der Waals surface area contributed by atoms with Crippen molar-refractivity contribution >= 4 is 5.78 Å². The lowest BCUT2D eigenvalue weighted by atomic mass is 10.0. The number of rotatable bonds is 8. The molecule has 4 nitrogen and oxygen atoms in total. The van der Waals surface area contributed by atoms with Crippen LogP contribution in [0, 0.1) is 0 Å². The molecule has 0 fully saturated rings. The van der Waals surface area contributed by atoms with E-state index in [2.05, 4.69) is 0 Å². The van der Waals surface area contributed by atoms with Crippen LogP contribution in [0.25, 0.3) is 0 Å². The molecule has 0 aromatic heterocycles. The molecule has 4 aromatic carbocycles. The molecule has 0 radical (unpaired) electrons. The Morgan fingerprint density at radius 3 is 1.30 bits per heavy atom. The van der Waals surface area contributed by atoms with E-state index in [0.717, 1.165) is 24.7 Å². The van der Waals surface area contributed by atoms with Gasteiger partial charge in [-0.1, -0.05) is 60.7 Å². The SMILES string of the molecule is CCOCC.O=C(c1cccc(Oc2ccccc2)c1)c1cccc(Oc2ccccc2)c1. The average molecular weight is 441 g/mol. The quantitative estimate of drug-likeness (QED) is 0.265. The minimum absolute atomic E-state index is 0.0861. The molecular formula is C29H28O4. The van der Waals surface area contributed by atoms with Crippen LogP contribution >= 0.6 is 0 Å². The van der Waals surface area contributed by atoms with E-state index in [1.807, 2.05) is 98.8 Å².